The molecule has 1 fully saturated rings. The van der Waals surface area contributed by atoms with E-state index in [2.05, 4.69) is 5.32 Å². The molecule has 168 valence electrons. The number of nitrogens with one attached hydrogen (secondary N) is 1. The van der Waals surface area contributed by atoms with Crippen LogP contribution in [0.4, 0.5) is 16.2 Å². The number of amides is 3. The first kappa shape index (κ1) is 21.6. The summed E-state index contributed by atoms with van der Waals surface area (Å²) in [5.41, 5.74) is 3.28. The van der Waals surface area contributed by atoms with Crippen LogP contribution in [-0.4, -0.2) is 29.9 Å². The Balaban J connectivity index is 1.48. The van der Waals surface area contributed by atoms with Crippen molar-refractivity contribution >= 4 is 35.1 Å². The molecule has 3 amide bonds. The first-order valence-corrected chi connectivity index (χ1v) is 12.3. The van der Waals surface area contributed by atoms with Crippen molar-refractivity contribution in [3.05, 3.63) is 83.9 Å². The van der Waals surface area contributed by atoms with Crippen LogP contribution in [0.15, 0.2) is 82.6 Å². The number of hydrogen-bond donors (Lipinski definition) is 1. The van der Waals surface area contributed by atoms with Gasteiger partial charge in [0, 0.05) is 28.6 Å². The number of nitrogens with zero attached hydrogens (tertiary/aromatic N) is 2. The molecule has 0 atom stereocenters. The standard InChI is InChI=1S/C27H27N3O2S/c31-26-22-12-6-7-13-24(22)33-25-15-14-21(28-27(32)29-16-8-1-2-9-17-29)18-23(25)30(26)19-20-10-4-3-5-11-20/h3-7,10-15,18H,1-2,8-9,16-17,19H2,(H,28,32). The third-order valence-electron chi connectivity index (χ3n) is 6.16. The largest absolute Gasteiger partial charge is 0.325 e. The lowest BCUT2D eigenvalue weighted by atomic mass is 10.1. The van der Waals surface area contributed by atoms with E-state index in [1.807, 2.05) is 82.6 Å². The molecule has 3 aromatic rings. The van der Waals surface area contributed by atoms with E-state index in [-0.39, 0.29) is 11.9 Å². The first-order valence-electron chi connectivity index (χ1n) is 11.5. The van der Waals surface area contributed by atoms with E-state index in [1.165, 1.54) is 12.8 Å². The van der Waals surface area contributed by atoms with Gasteiger partial charge in [0.1, 0.15) is 0 Å². The molecular formula is C27H27N3O2S. The third-order valence-corrected chi connectivity index (χ3v) is 7.30. The van der Waals surface area contributed by atoms with Crippen LogP contribution in [0.5, 0.6) is 0 Å². The second kappa shape index (κ2) is 9.71. The third kappa shape index (κ3) is 4.76. The van der Waals surface area contributed by atoms with Crippen LogP contribution in [0.1, 0.15) is 41.6 Å². The van der Waals surface area contributed by atoms with Crippen molar-refractivity contribution in [2.24, 2.45) is 0 Å². The smallest absolute Gasteiger partial charge is 0.321 e. The lowest BCUT2D eigenvalue weighted by Gasteiger charge is -2.25. The Hall–Kier alpha value is -3.25. The highest BCUT2D eigenvalue weighted by molar-refractivity contribution is 7.99. The fourth-order valence-electron chi connectivity index (χ4n) is 4.40. The van der Waals surface area contributed by atoms with Crippen molar-refractivity contribution in [3.8, 4) is 0 Å². The van der Waals surface area contributed by atoms with E-state index in [1.54, 1.807) is 11.8 Å². The Bertz CT molecular complexity index is 1160. The van der Waals surface area contributed by atoms with Crippen molar-refractivity contribution in [2.45, 2.75) is 42.0 Å². The molecular weight excluding hydrogens is 430 g/mol. The molecule has 0 radical (unpaired) electrons. The van der Waals surface area contributed by atoms with Gasteiger partial charge >= 0.3 is 6.03 Å². The zero-order chi connectivity index (χ0) is 22.6. The van der Waals surface area contributed by atoms with Gasteiger partial charge in [-0.3, -0.25) is 4.79 Å². The average molecular weight is 458 g/mol. The minimum Gasteiger partial charge on any atom is -0.325 e. The summed E-state index contributed by atoms with van der Waals surface area (Å²) in [5.74, 6) is -0.0308. The lowest BCUT2D eigenvalue weighted by Crippen LogP contribution is -2.35. The molecule has 2 heterocycles. The molecule has 6 heteroatoms. The Morgan fingerprint density at radius 2 is 1.58 bits per heavy atom. The van der Waals surface area contributed by atoms with Gasteiger partial charge in [-0.25, -0.2) is 4.79 Å². The molecule has 5 nitrogen and oxygen atoms in total. The fraction of sp³-hybridized carbons (Fsp3) is 0.259. The van der Waals surface area contributed by atoms with Crippen LogP contribution < -0.4 is 10.2 Å². The molecule has 1 N–H and O–H groups in total. The van der Waals surface area contributed by atoms with E-state index in [4.69, 9.17) is 0 Å². The van der Waals surface area contributed by atoms with Crippen molar-refractivity contribution in [1.82, 2.24) is 4.90 Å². The predicted molar refractivity (Wildman–Crippen MR) is 133 cm³/mol. The molecule has 1 saturated heterocycles. The van der Waals surface area contributed by atoms with Crippen molar-refractivity contribution in [3.63, 3.8) is 0 Å². The van der Waals surface area contributed by atoms with Gasteiger partial charge in [-0.2, -0.15) is 0 Å². The fourth-order valence-corrected chi connectivity index (χ4v) is 5.46. The number of fused-ring (bicyclic) bond motifs is 2. The quantitative estimate of drug-likeness (QED) is 0.495. The summed E-state index contributed by atoms with van der Waals surface area (Å²) in [5, 5.41) is 3.07. The monoisotopic (exact) mass is 457 g/mol. The molecule has 0 saturated carbocycles. The van der Waals surface area contributed by atoms with Crippen LogP contribution in [0.2, 0.25) is 0 Å². The first-order chi connectivity index (χ1) is 16.2. The maximum Gasteiger partial charge on any atom is 0.321 e. The van der Waals surface area contributed by atoms with Crippen LogP contribution in [0.3, 0.4) is 0 Å². The second-order valence-corrected chi connectivity index (χ2v) is 9.57. The summed E-state index contributed by atoms with van der Waals surface area (Å²) in [4.78, 5) is 32.2. The van der Waals surface area contributed by atoms with E-state index < -0.39 is 0 Å². The SMILES string of the molecule is O=C(Nc1ccc2c(c1)N(Cc1ccccc1)C(=O)c1ccccc1S2)N1CCCCCC1. The molecule has 0 spiro atoms. The maximum atomic E-state index is 13.6. The Kier molecular flexibility index (Phi) is 6.35. The number of likely N-dealkylation sites (tertiary alicyclic amines) is 1. The minimum atomic E-state index is -0.0673. The highest BCUT2D eigenvalue weighted by Crippen LogP contribution is 2.43. The number of benzene rings is 3. The van der Waals surface area contributed by atoms with E-state index >= 15 is 0 Å². The van der Waals surface area contributed by atoms with Gasteiger partial charge in [-0.05, 0) is 48.7 Å². The molecule has 2 aliphatic rings. The van der Waals surface area contributed by atoms with Gasteiger partial charge in [-0.15, -0.1) is 0 Å². The predicted octanol–water partition coefficient (Wildman–Crippen LogP) is 6.41. The molecule has 2 aliphatic heterocycles. The summed E-state index contributed by atoms with van der Waals surface area (Å²) in [6, 6.07) is 23.5. The molecule has 0 unspecified atom stereocenters. The number of carbonyl (C=O) groups excluding carboxylic acids is 2. The average Bonchev–Trinajstić information content (AvgIpc) is 3.18. The highest BCUT2D eigenvalue weighted by Gasteiger charge is 2.28. The van der Waals surface area contributed by atoms with E-state index in [0.717, 1.165) is 47.0 Å². The summed E-state index contributed by atoms with van der Waals surface area (Å²) >= 11 is 1.59. The number of hydrogen-bond acceptors (Lipinski definition) is 3. The topological polar surface area (TPSA) is 52.7 Å². The Morgan fingerprint density at radius 3 is 2.36 bits per heavy atom. The molecule has 0 aromatic heterocycles. The van der Waals surface area contributed by atoms with Gasteiger partial charge in [-0.1, -0.05) is 67.1 Å². The number of anilines is 2. The highest BCUT2D eigenvalue weighted by atomic mass is 32.2. The zero-order valence-corrected chi connectivity index (χ0v) is 19.3. The van der Waals surface area contributed by atoms with Gasteiger partial charge in [0.25, 0.3) is 5.91 Å². The van der Waals surface area contributed by atoms with Crippen LogP contribution in [0.25, 0.3) is 0 Å². The molecule has 0 bridgehead atoms. The van der Waals surface area contributed by atoms with E-state index in [0.29, 0.717) is 17.8 Å². The van der Waals surface area contributed by atoms with Crippen LogP contribution >= 0.6 is 11.8 Å². The van der Waals surface area contributed by atoms with Crippen molar-refractivity contribution in [1.29, 1.82) is 0 Å². The number of urea groups is 1. The Labute approximate surface area is 198 Å². The normalized spacial score (nSPS) is 15.8. The number of rotatable bonds is 3. The van der Waals surface area contributed by atoms with Crippen LogP contribution in [-0.2, 0) is 6.54 Å². The van der Waals surface area contributed by atoms with Crippen LogP contribution in [0, 0.1) is 0 Å². The molecule has 5 rings (SSSR count). The van der Waals surface area contributed by atoms with Crippen molar-refractivity contribution < 1.29 is 9.59 Å². The molecule has 33 heavy (non-hydrogen) atoms. The van der Waals surface area contributed by atoms with Gasteiger partial charge < -0.3 is 15.1 Å². The Morgan fingerprint density at radius 1 is 0.848 bits per heavy atom. The molecule has 3 aromatic carbocycles. The van der Waals surface area contributed by atoms with Gasteiger partial charge in [0.15, 0.2) is 0 Å². The second-order valence-electron chi connectivity index (χ2n) is 8.49. The lowest BCUT2D eigenvalue weighted by molar-refractivity contribution is 0.0982. The van der Waals surface area contributed by atoms with E-state index in [9.17, 15) is 9.59 Å². The zero-order valence-electron chi connectivity index (χ0n) is 18.5. The molecule has 0 aliphatic carbocycles. The summed E-state index contributed by atoms with van der Waals surface area (Å²) < 4.78 is 0. The minimum absolute atomic E-state index is 0.0308. The summed E-state index contributed by atoms with van der Waals surface area (Å²) in [6.07, 6.45) is 4.45. The summed E-state index contributed by atoms with van der Waals surface area (Å²) in [7, 11) is 0. The maximum absolute atomic E-state index is 13.6. The summed E-state index contributed by atoms with van der Waals surface area (Å²) in [6.45, 7) is 2.05. The number of carbonyl (C=O) groups is 2. The van der Waals surface area contributed by atoms with Crippen molar-refractivity contribution in [2.75, 3.05) is 23.3 Å². The van der Waals surface area contributed by atoms with Gasteiger partial charge in [0.05, 0.1) is 17.8 Å². The van der Waals surface area contributed by atoms with Gasteiger partial charge in [0.2, 0.25) is 0 Å².